The van der Waals surface area contributed by atoms with Gasteiger partial charge in [-0.15, -0.1) is 11.3 Å². The first-order chi connectivity index (χ1) is 9.65. The molecule has 2 aromatic rings. The third-order valence-electron chi connectivity index (χ3n) is 3.56. The van der Waals surface area contributed by atoms with Gasteiger partial charge in [0.05, 0.1) is 5.39 Å². The molecule has 20 heavy (non-hydrogen) atoms. The van der Waals surface area contributed by atoms with E-state index < -0.39 is 0 Å². The first kappa shape index (κ1) is 13.1. The highest BCUT2D eigenvalue weighted by molar-refractivity contribution is 7.16. The minimum atomic E-state index is 0.134. The van der Waals surface area contributed by atoms with Crippen molar-refractivity contribution in [2.75, 3.05) is 36.8 Å². The molecule has 1 aliphatic rings. The summed E-state index contributed by atoms with van der Waals surface area (Å²) in [4.78, 5) is 25.1. The van der Waals surface area contributed by atoms with Gasteiger partial charge in [0, 0.05) is 33.1 Å². The summed E-state index contributed by atoms with van der Waals surface area (Å²) in [5, 5.41) is 3.04. The summed E-state index contributed by atoms with van der Waals surface area (Å²) in [7, 11) is 0. The molecule has 0 unspecified atom stereocenters. The Labute approximate surface area is 121 Å². The number of hydrogen-bond acceptors (Lipinski definition) is 6. The number of rotatable bonds is 1. The number of nitrogens with zero attached hydrogens (tertiary/aromatic N) is 4. The van der Waals surface area contributed by atoms with E-state index in [0.29, 0.717) is 5.95 Å². The van der Waals surface area contributed by atoms with Gasteiger partial charge in [0.25, 0.3) is 0 Å². The molecule has 6 nitrogen and oxygen atoms in total. The number of anilines is 2. The van der Waals surface area contributed by atoms with Crippen LogP contribution in [0.2, 0.25) is 0 Å². The van der Waals surface area contributed by atoms with Crippen LogP contribution in [0, 0.1) is 0 Å². The molecule has 0 radical (unpaired) electrons. The molecule has 1 amide bonds. The average molecular weight is 291 g/mol. The number of hydrogen-bond donors (Lipinski definition) is 1. The van der Waals surface area contributed by atoms with Crippen LogP contribution >= 0.6 is 11.3 Å². The highest BCUT2D eigenvalue weighted by atomic mass is 32.1. The van der Waals surface area contributed by atoms with Crippen molar-refractivity contribution in [3.63, 3.8) is 0 Å². The van der Waals surface area contributed by atoms with Crippen molar-refractivity contribution in [2.45, 2.75) is 13.3 Å². The predicted octanol–water partition coefficient (Wildman–Crippen LogP) is 1.33. The smallest absolute Gasteiger partial charge is 0.223 e. The molecular formula is C13H17N5OS. The highest BCUT2D eigenvalue weighted by Gasteiger charge is 2.20. The maximum Gasteiger partial charge on any atom is 0.223 e. The molecule has 0 aliphatic carbocycles. The molecule has 0 atom stereocenters. The van der Waals surface area contributed by atoms with Gasteiger partial charge in [-0.2, -0.15) is 4.98 Å². The van der Waals surface area contributed by atoms with E-state index in [2.05, 4.69) is 14.9 Å². The topological polar surface area (TPSA) is 75.4 Å². The monoisotopic (exact) mass is 291 g/mol. The predicted molar refractivity (Wildman–Crippen MR) is 80.9 cm³/mol. The number of thiophene rings is 1. The summed E-state index contributed by atoms with van der Waals surface area (Å²) in [6.07, 6.45) is 0.940. The zero-order valence-electron chi connectivity index (χ0n) is 11.4. The van der Waals surface area contributed by atoms with E-state index in [0.717, 1.165) is 48.6 Å². The normalized spacial score (nSPS) is 16.4. The first-order valence-electron chi connectivity index (χ1n) is 6.66. The Balaban J connectivity index is 1.91. The van der Waals surface area contributed by atoms with Gasteiger partial charge in [0.15, 0.2) is 0 Å². The Morgan fingerprint density at radius 3 is 2.95 bits per heavy atom. The molecule has 3 heterocycles. The Morgan fingerprint density at radius 1 is 1.30 bits per heavy atom. The van der Waals surface area contributed by atoms with Crippen LogP contribution in [-0.2, 0) is 4.79 Å². The van der Waals surface area contributed by atoms with Crippen LogP contribution in [-0.4, -0.2) is 47.0 Å². The second-order valence-corrected chi connectivity index (χ2v) is 5.79. The summed E-state index contributed by atoms with van der Waals surface area (Å²) in [6, 6.07) is 2.03. The summed E-state index contributed by atoms with van der Waals surface area (Å²) >= 11 is 1.57. The molecular weight excluding hydrogens is 274 g/mol. The van der Waals surface area contributed by atoms with E-state index in [-0.39, 0.29) is 5.91 Å². The number of fused-ring (bicyclic) bond motifs is 1. The molecule has 0 aromatic carbocycles. The van der Waals surface area contributed by atoms with E-state index in [1.807, 2.05) is 16.3 Å². The minimum absolute atomic E-state index is 0.134. The Morgan fingerprint density at radius 2 is 2.15 bits per heavy atom. The molecule has 7 heteroatoms. The van der Waals surface area contributed by atoms with Gasteiger partial charge in [-0.25, -0.2) is 4.98 Å². The van der Waals surface area contributed by atoms with Crippen LogP contribution < -0.4 is 10.6 Å². The number of carbonyl (C=O) groups is 1. The molecule has 1 saturated heterocycles. The fourth-order valence-corrected chi connectivity index (χ4v) is 3.31. The van der Waals surface area contributed by atoms with Crippen molar-refractivity contribution < 1.29 is 4.79 Å². The van der Waals surface area contributed by atoms with Crippen molar-refractivity contribution in [3.05, 3.63) is 11.4 Å². The van der Waals surface area contributed by atoms with Crippen LogP contribution in [0.5, 0.6) is 0 Å². The Bertz CT molecular complexity index is 641. The number of nitrogen functional groups attached to an aromatic ring is 1. The van der Waals surface area contributed by atoms with Gasteiger partial charge in [-0.05, 0) is 17.9 Å². The van der Waals surface area contributed by atoms with Gasteiger partial charge in [0.1, 0.15) is 10.6 Å². The number of aromatic nitrogens is 2. The van der Waals surface area contributed by atoms with Gasteiger partial charge < -0.3 is 15.5 Å². The van der Waals surface area contributed by atoms with Crippen LogP contribution in [0.4, 0.5) is 11.8 Å². The van der Waals surface area contributed by atoms with Crippen molar-refractivity contribution >= 4 is 39.2 Å². The highest BCUT2D eigenvalue weighted by Crippen LogP contribution is 2.29. The van der Waals surface area contributed by atoms with Gasteiger partial charge in [-0.3, -0.25) is 4.79 Å². The van der Waals surface area contributed by atoms with Crippen molar-refractivity contribution in [2.24, 2.45) is 0 Å². The molecule has 0 bridgehead atoms. The molecule has 2 aromatic heterocycles. The SMILES string of the molecule is CC(=O)N1CCCN(c2nc(N)nc3sccc23)CC1. The second kappa shape index (κ2) is 5.24. The maximum atomic E-state index is 11.5. The van der Waals surface area contributed by atoms with Crippen LogP contribution in [0.15, 0.2) is 11.4 Å². The largest absolute Gasteiger partial charge is 0.368 e. The van der Waals surface area contributed by atoms with E-state index >= 15 is 0 Å². The van der Waals surface area contributed by atoms with Crippen molar-refractivity contribution in [1.29, 1.82) is 0 Å². The maximum absolute atomic E-state index is 11.5. The summed E-state index contributed by atoms with van der Waals surface area (Å²) < 4.78 is 0. The average Bonchev–Trinajstić information content (AvgIpc) is 2.73. The van der Waals surface area contributed by atoms with E-state index in [1.165, 1.54) is 0 Å². The molecule has 3 rings (SSSR count). The molecule has 1 fully saturated rings. The first-order valence-corrected chi connectivity index (χ1v) is 7.54. The van der Waals surface area contributed by atoms with Crippen molar-refractivity contribution in [1.82, 2.24) is 14.9 Å². The Hall–Kier alpha value is -1.89. The third-order valence-corrected chi connectivity index (χ3v) is 4.37. The van der Waals surface area contributed by atoms with Crippen LogP contribution in [0.3, 0.4) is 0 Å². The summed E-state index contributed by atoms with van der Waals surface area (Å²) in [5.41, 5.74) is 5.80. The summed E-state index contributed by atoms with van der Waals surface area (Å²) in [6.45, 7) is 4.81. The molecule has 106 valence electrons. The zero-order chi connectivity index (χ0) is 14.1. The quantitative estimate of drug-likeness (QED) is 0.858. The van der Waals surface area contributed by atoms with Crippen molar-refractivity contribution in [3.8, 4) is 0 Å². The van der Waals surface area contributed by atoms with Crippen LogP contribution in [0.25, 0.3) is 10.2 Å². The molecule has 2 N–H and O–H groups in total. The number of carbonyl (C=O) groups excluding carboxylic acids is 1. The van der Waals surface area contributed by atoms with Crippen LogP contribution in [0.1, 0.15) is 13.3 Å². The van der Waals surface area contributed by atoms with E-state index in [4.69, 9.17) is 5.73 Å². The minimum Gasteiger partial charge on any atom is -0.368 e. The standard InChI is InChI=1S/C13H17N5OS/c1-9(19)17-4-2-5-18(7-6-17)11-10-3-8-20-12(10)16-13(14)15-11/h3,8H,2,4-7H2,1H3,(H2,14,15,16). The lowest BCUT2D eigenvalue weighted by atomic mass is 10.3. The van der Waals surface area contributed by atoms with Gasteiger partial charge in [0.2, 0.25) is 11.9 Å². The third kappa shape index (κ3) is 2.40. The fourth-order valence-electron chi connectivity index (χ4n) is 2.54. The van der Waals surface area contributed by atoms with Gasteiger partial charge >= 0.3 is 0 Å². The lowest BCUT2D eigenvalue weighted by Gasteiger charge is -2.23. The van der Waals surface area contributed by atoms with E-state index in [9.17, 15) is 4.79 Å². The second-order valence-electron chi connectivity index (χ2n) is 4.89. The number of nitrogens with two attached hydrogens (primary N) is 1. The summed E-state index contributed by atoms with van der Waals surface area (Å²) in [5.74, 6) is 1.33. The molecule has 1 aliphatic heterocycles. The Kier molecular flexibility index (Phi) is 3.43. The zero-order valence-corrected chi connectivity index (χ0v) is 12.2. The number of amides is 1. The van der Waals surface area contributed by atoms with Gasteiger partial charge in [-0.1, -0.05) is 0 Å². The molecule has 0 spiro atoms. The lowest BCUT2D eigenvalue weighted by molar-refractivity contribution is -0.128. The fraction of sp³-hybridized carbons (Fsp3) is 0.462. The lowest BCUT2D eigenvalue weighted by Crippen LogP contribution is -2.34. The molecule has 0 saturated carbocycles. The van der Waals surface area contributed by atoms with E-state index in [1.54, 1.807) is 18.3 Å².